The van der Waals surface area contributed by atoms with Gasteiger partial charge in [-0.3, -0.25) is 4.79 Å². The van der Waals surface area contributed by atoms with Crippen LogP contribution in [-0.2, 0) is 9.53 Å². The van der Waals surface area contributed by atoms with Crippen LogP contribution in [-0.4, -0.2) is 10.5 Å². The van der Waals surface area contributed by atoms with Gasteiger partial charge in [0.1, 0.15) is 6.10 Å². The zero-order chi connectivity index (χ0) is 14.7. The number of rotatable bonds is 4. The molecule has 0 saturated heterocycles. The molecule has 2 unspecified atom stereocenters. The van der Waals surface area contributed by atoms with Gasteiger partial charge in [-0.15, -0.1) is 0 Å². The number of carbonyl (C=O) groups excluding carboxylic acids is 1. The van der Waals surface area contributed by atoms with E-state index in [9.17, 15) is 4.79 Å². The van der Waals surface area contributed by atoms with E-state index in [1.807, 2.05) is 30.3 Å². The van der Waals surface area contributed by atoms with Gasteiger partial charge in [-0.2, -0.15) is 0 Å². The molecule has 2 aromatic rings. The van der Waals surface area contributed by atoms with Crippen LogP contribution in [0.1, 0.15) is 42.9 Å². The summed E-state index contributed by atoms with van der Waals surface area (Å²) in [5, 5.41) is 0. The Kier molecular flexibility index (Phi) is 4.28. The summed E-state index contributed by atoms with van der Waals surface area (Å²) in [5.74, 6) is -0.256. The van der Waals surface area contributed by atoms with Crippen LogP contribution in [0, 0.1) is 13.8 Å². The molecule has 0 radical (unpaired) electrons. The van der Waals surface area contributed by atoms with Crippen molar-refractivity contribution in [1.82, 2.24) is 4.57 Å². The van der Waals surface area contributed by atoms with Crippen molar-refractivity contribution in [3.63, 3.8) is 0 Å². The van der Waals surface area contributed by atoms with E-state index in [0.29, 0.717) is 0 Å². The third kappa shape index (κ3) is 2.93. The van der Waals surface area contributed by atoms with Crippen LogP contribution in [0.5, 0.6) is 0 Å². The summed E-state index contributed by atoms with van der Waals surface area (Å²) < 4.78 is 7.78. The SMILES string of the molecule is CC(=O)OC(c1ccccc1)C(C)n1c(C)ccc1C. The highest BCUT2D eigenvalue weighted by molar-refractivity contribution is 5.66. The number of ether oxygens (including phenoxy) is 1. The Balaban J connectivity index is 2.39. The van der Waals surface area contributed by atoms with Crippen LogP contribution < -0.4 is 0 Å². The number of esters is 1. The predicted octanol–water partition coefficient (Wildman–Crippen LogP) is 3.97. The Hall–Kier alpha value is -2.03. The standard InChI is InChI=1S/C17H21NO2/c1-12-10-11-13(2)18(12)14(3)17(20-15(4)19)16-8-6-5-7-9-16/h5-11,14,17H,1-4H3. The first-order chi connectivity index (χ1) is 9.50. The number of carbonyl (C=O) groups is 1. The summed E-state index contributed by atoms with van der Waals surface area (Å²) in [6.07, 6.45) is -0.279. The van der Waals surface area contributed by atoms with Gasteiger partial charge < -0.3 is 9.30 Å². The predicted molar refractivity (Wildman–Crippen MR) is 79.6 cm³/mol. The van der Waals surface area contributed by atoms with Gasteiger partial charge in [0.15, 0.2) is 0 Å². The Morgan fingerprint density at radius 1 is 1.05 bits per heavy atom. The molecule has 0 aliphatic carbocycles. The molecule has 20 heavy (non-hydrogen) atoms. The van der Waals surface area contributed by atoms with E-state index in [0.717, 1.165) is 5.56 Å². The minimum Gasteiger partial charge on any atom is -0.455 e. The first-order valence-corrected chi connectivity index (χ1v) is 6.87. The molecule has 1 aromatic carbocycles. The summed E-state index contributed by atoms with van der Waals surface area (Å²) in [4.78, 5) is 11.4. The molecule has 0 spiro atoms. The first-order valence-electron chi connectivity index (χ1n) is 6.87. The molecule has 0 saturated carbocycles. The van der Waals surface area contributed by atoms with Gasteiger partial charge in [0, 0.05) is 18.3 Å². The minimum absolute atomic E-state index is 0.0521. The molecule has 2 atom stereocenters. The number of hydrogen-bond donors (Lipinski definition) is 0. The largest absolute Gasteiger partial charge is 0.455 e. The van der Waals surface area contributed by atoms with E-state index in [2.05, 4.69) is 37.5 Å². The van der Waals surface area contributed by atoms with Gasteiger partial charge in [0.05, 0.1) is 6.04 Å². The Bertz CT molecular complexity index is 567. The quantitative estimate of drug-likeness (QED) is 0.788. The number of hydrogen-bond acceptors (Lipinski definition) is 2. The Morgan fingerprint density at radius 3 is 2.10 bits per heavy atom. The van der Waals surface area contributed by atoms with E-state index >= 15 is 0 Å². The van der Waals surface area contributed by atoms with Crippen molar-refractivity contribution in [2.45, 2.75) is 39.8 Å². The van der Waals surface area contributed by atoms with Gasteiger partial charge >= 0.3 is 5.97 Å². The summed E-state index contributed by atoms with van der Waals surface area (Å²) in [7, 11) is 0. The highest BCUT2D eigenvalue weighted by Crippen LogP contribution is 2.32. The second kappa shape index (κ2) is 5.95. The smallest absolute Gasteiger partial charge is 0.303 e. The van der Waals surface area contributed by atoms with Crippen LogP contribution in [0.15, 0.2) is 42.5 Å². The second-order valence-electron chi connectivity index (χ2n) is 5.17. The van der Waals surface area contributed by atoms with E-state index < -0.39 is 0 Å². The van der Waals surface area contributed by atoms with Gasteiger partial charge in [-0.1, -0.05) is 30.3 Å². The molecule has 0 N–H and O–H groups in total. The molecule has 0 aliphatic rings. The molecule has 3 heteroatoms. The van der Waals surface area contributed by atoms with Crippen molar-refractivity contribution in [2.75, 3.05) is 0 Å². The van der Waals surface area contributed by atoms with Crippen LogP contribution >= 0.6 is 0 Å². The monoisotopic (exact) mass is 271 g/mol. The molecule has 106 valence electrons. The maximum absolute atomic E-state index is 11.4. The fourth-order valence-corrected chi connectivity index (χ4v) is 2.72. The van der Waals surface area contributed by atoms with Gasteiger partial charge in [-0.25, -0.2) is 0 Å². The van der Waals surface area contributed by atoms with Gasteiger partial charge in [0.2, 0.25) is 0 Å². The fraction of sp³-hybridized carbons (Fsp3) is 0.353. The molecule has 0 amide bonds. The summed E-state index contributed by atoms with van der Waals surface area (Å²) in [6.45, 7) is 7.68. The number of nitrogens with zero attached hydrogens (tertiary/aromatic N) is 1. The van der Waals surface area contributed by atoms with Crippen LogP contribution in [0.4, 0.5) is 0 Å². The Labute approximate surface area is 120 Å². The normalized spacial score (nSPS) is 13.8. The maximum atomic E-state index is 11.4. The van der Waals surface area contributed by atoms with Crippen molar-refractivity contribution in [3.8, 4) is 0 Å². The first kappa shape index (κ1) is 14.4. The molecule has 0 fully saturated rings. The molecule has 1 aromatic heterocycles. The summed E-state index contributed by atoms with van der Waals surface area (Å²) >= 11 is 0. The molecular weight excluding hydrogens is 250 g/mol. The zero-order valence-electron chi connectivity index (χ0n) is 12.5. The van der Waals surface area contributed by atoms with Crippen molar-refractivity contribution in [3.05, 3.63) is 59.4 Å². The molecular formula is C17H21NO2. The Morgan fingerprint density at radius 2 is 1.60 bits per heavy atom. The van der Waals surface area contributed by atoms with E-state index in [1.165, 1.54) is 18.3 Å². The molecule has 1 heterocycles. The maximum Gasteiger partial charge on any atom is 0.303 e. The van der Waals surface area contributed by atoms with Crippen molar-refractivity contribution in [1.29, 1.82) is 0 Å². The van der Waals surface area contributed by atoms with E-state index in [1.54, 1.807) is 0 Å². The van der Waals surface area contributed by atoms with Crippen LogP contribution in [0.25, 0.3) is 0 Å². The van der Waals surface area contributed by atoms with Crippen molar-refractivity contribution >= 4 is 5.97 Å². The highest BCUT2D eigenvalue weighted by Gasteiger charge is 2.25. The molecule has 0 bridgehead atoms. The minimum atomic E-state index is -0.279. The third-order valence-electron chi connectivity index (χ3n) is 3.59. The fourth-order valence-electron chi connectivity index (χ4n) is 2.72. The topological polar surface area (TPSA) is 31.2 Å². The van der Waals surface area contributed by atoms with Crippen molar-refractivity contribution in [2.24, 2.45) is 0 Å². The highest BCUT2D eigenvalue weighted by atomic mass is 16.5. The molecule has 2 rings (SSSR count). The van der Waals surface area contributed by atoms with Gasteiger partial charge in [-0.05, 0) is 38.5 Å². The van der Waals surface area contributed by atoms with Crippen LogP contribution in [0.3, 0.4) is 0 Å². The van der Waals surface area contributed by atoms with Crippen LogP contribution in [0.2, 0.25) is 0 Å². The number of aryl methyl sites for hydroxylation is 2. The lowest BCUT2D eigenvalue weighted by atomic mass is 10.0. The number of aromatic nitrogens is 1. The molecule has 3 nitrogen and oxygen atoms in total. The lowest BCUT2D eigenvalue weighted by molar-refractivity contribution is -0.149. The van der Waals surface area contributed by atoms with E-state index in [4.69, 9.17) is 4.74 Å². The lowest BCUT2D eigenvalue weighted by Crippen LogP contribution is -2.21. The average molecular weight is 271 g/mol. The third-order valence-corrected chi connectivity index (χ3v) is 3.59. The molecule has 0 aliphatic heterocycles. The summed E-state index contributed by atoms with van der Waals surface area (Å²) in [6, 6.07) is 14.1. The average Bonchev–Trinajstić information content (AvgIpc) is 2.75. The summed E-state index contributed by atoms with van der Waals surface area (Å²) in [5.41, 5.74) is 3.36. The lowest BCUT2D eigenvalue weighted by Gasteiger charge is -2.27. The second-order valence-corrected chi connectivity index (χ2v) is 5.17. The van der Waals surface area contributed by atoms with E-state index in [-0.39, 0.29) is 18.1 Å². The number of benzene rings is 1. The zero-order valence-corrected chi connectivity index (χ0v) is 12.5. The van der Waals surface area contributed by atoms with Gasteiger partial charge in [0.25, 0.3) is 0 Å². The van der Waals surface area contributed by atoms with Crippen molar-refractivity contribution < 1.29 is 9.53 Å².